The van der Waals surface area contributed by atoms with E-state index in [1.165, 1.54) is 10.7 Å². The van der Waals surface area contributed by atoms with Gasteiger partial charge in [0.05, 0.1) is 5.69 Å². The lowest BCUT2D eigenvalue weighted by molar-refractivity contribution is 0.212. The smallest absolute Gasteiger partial charge is 0.133 e. The van der Waals surface area contributed by atoms with E-state index >= 15 is 0 Å². The van der Waals surface area contributed by atoms with Crippen molar-refractivity contribution in [3.05, 3.63) is 51.1 Å². The van der Waals surface area contributed by atoms with Gasteiger partial charge in [0.15, 0.2) is 0 Å². The van der Waals surface area contributed by atoms with E-state index in [-0.39, 0.29) is 11.5 Å². The predicted octanol–water partition coefficient (Wildman–Crippen LogP) is 4.03. The van der Waals surface area contributed by atoms with Gasteiger partial charge in [0, 0.05) is 18.2 Å². The van der Waals surface area contributed by atoms with E-state index in [4.69, 9.17) is 11.6 Å². The number of hydrogen-bond acceptors (Lipinski definition) is 2. The zero-order chi connectivity index (χ0) is 15.9. The first-order chi connectivity index (χ1) is 9.73. The van der Waals surface area contributed by atoms with Crippen LogP contribution >= 0.6 is 11.6 Å². The molecule has 0 aliphatic rings. The second-order valence-electron chi connectivity index (χ2n) is 5.75. The van der Waals surface area contributed by atoms with Crippen LogP contribution in [0, 0.1) is 19.7 Å². The second kappa shape index (κ2) is 5.78. The summed E-state index contributed by atoms with van der Waals surface area (Å²) in [6.45, 7) is 7.54. The quantitative estimate of drug-likeness (QED) is 0.929. The highest BCUT2D eigenvalue weighted by molar-refractivity contribution is 6.30. The summed E-state index contributed by atoms with van der Waals surface area (Å²) in [7, 11) is 1.71. The number of aromatic nitrogens is 2. The third-order valence-electron chi connectivity index (χ3n) is 3.61. The molecule has 1 heterocycles. The molecular weight excluding hydrogens is 291 g/mol. The summed E-state index contributed by atoms with van der Waals surface area (Å²) >= 11 is 6.26. The maximum atomic E-state index is 14.3. The third kappa shape index (κ3) is 2.83. The Morgan fingerprint density at radius 2 is 1.86 bits per heavy atom. The average molecular weight is 311 g/mol. The Morgan fingerprint density at radius 1 is 1.24 bits per heavy atom. The van der Waals surface area contributed by atoms with E-state index in [0.29, 0.717) is 22.0 Å². The van der Waals surface area contributed by atoms with Gasteiger partial charge in [-0.1, -0.05) is 31.5 Å². The van der Waals surface area contributed by atoms with E-state index in [0.717, 1.165) is 5.56 Å². The second-order valence-corrected chi connectivity index (χ2v) is 6.11. The molecule has 0 saturated carbocycles. The van der Waals surface area contributed by atoms with E-state index in [1.54, 1.807) is 14.0 Å². The topological polar surface area (TPSA) is 38.1 Å². The summed E-state index contributed by atoms with van der Waals surface area (Å²) < 4.78 is 15.8. The maximum absolute atomic E-state index is 14.3. The molecule has 1 atom stereocenters. The molecule has 1 aromatic carbocycles. The standard InChI is InChI=1S/C16H20ClFN2O/c1-8(2)14-13(16(17)20(5)19-14)15(21)12-10(4)6-9(3)7-11(12)18/h6-8,15,21H,1-5H3. The molecule has 0 aliphatic carbocycles. The van der Waals surface area contributed by atoms with Crippen molar-refractivity contribution in [3.63, 3.8) is 0 Å². The molecule has 0 saturated heterocycles. The highest BCUT2D eigenvalue weighted by atomic mass is 35.5. The first-order valence-electron chi connectivity index (χ1n) is 6.91. The summed E-state index contributed by atoms with van der Waals surface area (Å²) in [4.78, 5) is 0. The number of halogens is 2. The van der Waals surface area contributed by atoms with Crippen LogP contribution in [-0.4, -0.2) is 14.9 Å². The number of aliphatic hydroxyl groups is 1. The van der Waals surface area contributed by atoms with Crippen molar-refractivity contribution in [2.45, 2.75) is 39.7 Å². The van der Waals surface area contributed by atoms with Crippen LogP contribution in [0.2, 0.25) is 5.15 Å². The fourth-order valence-corrected chi connectivity index (χ4v) is 2.87. The van der Waals surface area contributed by atoms with Crippen molar-refractivity contribution in [2.75, 3.05) is 0 Å². The first kappa shape index (κ1) is 16.0. The minimum atomic E-state index is -1.12. The number of aryl methyl sites for hydroxylation is 3. The molecule has 1 aromatic heterocycles. The van der Waals surface area contributed by atoms with Gasteiger partial charge in [-0.05, 0) is 37.0 Å². The largest absolute Gasteiger partial charge is 0.383 e. The van der Waals surface area contributed by atoms with Crippen LogP contribution in [0.5, 0.6) is 0 Å². The monoisotopic (exact) mass is 310 g/mol. The summed E-state index contributed by atoms with van der Waals surface area (Å²) in [5.74, 6) is -0.336. The normalized spacial score (nSPS) is 13.0. The lowest BCUT2D eigenvalue weighted by atomic mass is 9.93. The van der Waals surface area contributed by atoms with Crippen molar-refractivity contribution >= 4 is 11.6 Å². The zero-order valence-corrected chi connectivity index (χ0v) is 13.7. The van der Waals surface area contributed by atoms with Crippen molar-refractivity contribution < 1.29 is 9.50 Å². The minimum Gasteiger partial charge on any atom is -0.383 e. The number of benzene rings is 1. The fourth-order valence-electron chi connectivity index (χ4n) is 2.64. The Kier molecular flexibility index (Phi) is 4.40. The summed E-state index contributed by atoms with van der Waals surface area (Å²) in [5.41, 5.74) is 2.96. The molecule has 0 fully saturated rings. The van der Waals surface area contributed by atoms with E-state index in [9.17, 15) is 9.50 Å². The Morgan fingerprint density at radius 3 is 2.38 bits per heavy atom. The van der Waals surface area contributed by atoms with Gasteiger partial charge >= 0.3 is 0 Å². The van der Waals surface area contributed by atoms with Crippen molar-refractivity contribution in [1.29, 1.82) is 0 Å². The SMILES string of the molecule is Cc1cc(C)c(C(O)c2c(C(C)C)nn(C)c2Cl)c(F)c1. The molecule has 21 heavy (non-hydrogen) atoms. The molecule has 5 heteroatoms. The molecule has 1 N–H and O–H groups in total. The molecule has 0 amide bonds. The van der Waals surface area contributed by atoms with Gasteiger partial charge in [-0.2, -0.15) is 5.10 Å². The molecule has 0 bridgehead atoms. The van der Waals surface area contributed by atoms with E-state index < -0.39 is 11.9 Å². The fraction of sp³-hybridized carbons (Fsp3) is 0.438. The van der Waals surface area contributed by atoms with Gasteiger partial charge in [-0.15, -0.1) is 0 Å². The van der Waals surface area contributed by atoms with Crippen LogP contribution in [0.3, 0.4) is 0 Å². The van der Waals surface area contributed by atoms with Crippen molar-refractivity contribution in [1.82, 2.24) is 9.78 Å². The van der Waals surface area contributed by atoms with Crippen LogP contribution in [-0.2, 0) is 7.05 Å². The van der Waals surface area contributed by atoms with Gasteiger partial charge < -0.3 is 5.11 Å². The maximum Gasteiger partial charge on any atom is 0.133 e. The molecule has 1 unspecified atom stereocenters. The van der Waals surface area contributed by atoms with E-state index in [1.807, 2.05) is 26.8 Å². The van der Waals surface area contributed by atoms with E-state index in [2.05, 4.69) is 5.10 Å². The molecule has 0 radical (unpaired) electrons. The van der Waals surface area contributed by atoms with Crippen LogP contribution in [0.4, 0.5) is 4.39 Å². The summed E-state index contributed by atoms with van der Waals surface area (Å²) in [6, 6.07) is 3.27. The van der Waals surface area contributed by atoms with Crippen LogP contribution in [0.15, 0.2) is 12.1 Å². The summed E-state index contributed by atoms with van der Waals surface area (Å²) in [5, 5.41) is 15.4. The Balaban J connectivity index is 2.63. The Labute approximate surface area is 129 Å². The number of nitrogens with zero attached hydrogens (tertiary/aromatic N) is 2. The van der Waals surface area contributed by atoms with Gasteiger partial charge in [0.2, 0.25) is 0 Å². The van der Waals surface area contributed by atoms with Gasteiger partial charge in [-0.25, -0.2) is 4.39 Å². The lowest BCUT2D eigenvalue weighted by Gasteiger charge is -2.17. The van der Waals surface area contributed by atoms with Crippen LogP contribution < -0.4 is 0 Å². The van der Waals surface area contributed by atoms with Gasteiger partial charge in [-0.3, -0.25) is 4.68 Å². The predicted molar refractivity (Wildman–Crippen MR) is 82.2 cm³/mol. The van der Waals surface area contributed by atoms with Crippen molar-refractivity contribution in [3.8, 4) is 0 Å². The molecule has 2 rings (SSSR count). The highest BCUT2D eigenvalue weighted by Gasteiger charge is 2.27. The Hall–Kier alpha value is -1.39. The number of hydrogen-bond donors (Lipinski definition) is 1. The summed E-state index contributed by atoms with van der Waals surface area (Å²) in [6.07, 6.45) is -1.12. The van der Waals surface area contributed by atoms with Crippen LogP contribution in [0.25, 0.3) is 0 Å². The number of aliphatic hydroxyl groups excluding tert-OH is 1. The minimum absolute atomic E-state index is 0.0853. The van der Waals surface area contributed by atoms with Crippen molar-refractivity contribution in [2.24, 2.45) is 7.05 Å². The van der Waals surface area contributed by atoms with Gasteiger partial charge in [0.1, 0.15) is 17.1 Å². The zero-order valence-electron chi connectivity index (χ0n) is 12.9. The lowest BCUT2D eigenvalue weighted by Crippen LogP contribution is -2.08. The molecule has 114 valence electrons. The number of rotatable bonds is 3. The molecule has 3 nitrogen and oxygen atoms in total. The van der Waals surface area contributed by atoms with Crippen LogP contribution in [0.1, 0.15) is 53.8 Å². The highest BCUT2D eigenvalue weighted by Crippen LogP contribution is 2.36. The Bertz CT molecular complexity index is 656. The third-order valence-corrected chi connectivity index (χ3v) is 4.06. The molecule has 0 aliphatic heterocycles. The van der Waals surface area contributed by atoms with Gasteiger partial charge in [0.25, 0.3) is 0 Å². The molecular formula is C16H20ClFN2O. The molecule has 2 aromatic rings. The average Bonchev–Trinajstić information content (AvgIpc) is 2.64. The molecule has 0 spiro atoms. The first-order valence-corrected chi connectivity index (χ1v) is 7.28.